The van der Waals surface area contributed by atoms with Gasteiger partial charge in [-0.05, 0) is 23.1 Å². The number of amides is 1. The second kappa shape index (κ2) is 6.89. The van der Waals surface area contributed by atoms with Crippen molar-refractivity contribution in [3.05, 3.63) is 71.3 Å². The van der Waals surface area contributed by atoms with Crippen LogP contribution >= 0.6 is 0 Å². The van der Waals surface area contributed by atoms with E-state index in [1.165, 1.54) is 11.1 Å². The van der Waals surface area contributed by atoms with Crippen molar-refractivity contribution in [1.82, 2.24) is 4.90 Å². The summed E-state index contributed by atoms with van der Waals surface area (Å²) in [7, 11) is 0. The Morgan fingerprint density at radius 1 is 1.09 bits per heavy atom. The lowest BCUT2D eigenvalue weighted by molar-refractivity contribution is -0.137. The molecule has 0 saturated carbocycles. The van der Waals surface area contributed by atoms with Gasteiger partial charge in [-0.1, -0.05) is 59.8 Å². The molecular formula is C18H18N2O2. The maximum absolute atomic E-state index is 12.1. The number of carbonyl (C=O) groups is 1. The molecule has 0 atom stereocenters. The van der Waals surface area contributed by atoms with E-state index >= 15 is 0 Å². The zero-order valence-electron chi connectivity index (χ0n) is 12.3. The third kappa shape index (κ3) is 3.52. The number of hydrogen-bond acceptors (Lipinski definition) is 3. The lowest BCUT2D eigenvalue weighted by atomic mass is 10.00. The molecule has 0 aliphatic carbocycles. The van der Waals surface area contributed by atoms with E-state index in [1.54, 1.807) is 6.21 Å². The highest BCUT2D eigenvalue weighted by Gasteiger charge is 2.20. The van der Waals surface area contributed by atoms with Gasteiger partial charge in [-0.15, -0.1) is 0 Å². The minimum absolute atomic E-state index is 0.0223. The molecule has 112 valence electrons. The van der Waals surface area contributed by atoms with Crippen molar-refractivity contribution in [3.63, 3.8) is 0 Å². The van der Waals surface area contributed by atoms with Gasteiger partial charge in [0.05, 0.1) is 6.21 Å². The van der Waals surface area contributed by atoms with Gasteiger partial charge < -0.3 is 9.74 Å². The Kier molecular flexibility index (Phi) is 4.49. The molecule has 2 aromatic carbocycles. The normalized spacial score (nSPS) is 13.9. The molecule has 0 N–H and O–H groups in total. The van der Waals surface area contributed by atoms with Crippen molar-refractivity contribution in [2.24, 2.45) is 5.16 Å². The number of fused-ring (bicyclic) bond motifs is 1. The third-order valence-corrected chi connectivity index (χ3v) is 3.75. The molecule has 0 aromatic heterocycles. The molecular weight excluding hydrogens is 276 g/mol. The Bertz CT molecular complexity index is 668. The molecule has 1 heterocycles. The molecule has 1 aliphatic heterocycles. The number of benzene rings is 2. The number of nitrogens with zero attached hydrogens (tertiary/aromatic N) is 2. The Morgan fingerprint density at radius 2 is 1.82 bits per heavy atom. The highest BCUT2D eigenvalue weighted by molar-refractivity contribution is 5.79. The van der Waals surface area contributed by atoms with Crippen LogP contribution in [-0.2, 0) is 22.6 Å². The van der Waals surface area contributed by atoms with Gasteiger partial charge in [0, 0.05) is 13.1 Å². The summed E-state index contributed by atoms with van der Waals surface area (Å²) in [6.07, 6.45) is 2.51. The highest BCUT2D eigenvalue weighted by Crippen LogP contribution is 2.18. The minimum Gasteiger partial charge on any atom is -0.386 e. The first-order valence-electron chi connectivity index (χ1n) is 7.38. The molecule has 1 amide bonds. The molecule has 0 fully saturated rings. The predicted octanol–water partition coefficient (Wildman–Crippen LogP) is 2.62. The lowest BCUT2D eigenvalue weighted by Crippen LogP contribution is -2.37. The van der Waals surface area contributed by atoms with Gasteiger partial charge in [-0.25, -0.2) is 0 Å². The van der Waals surface area contributed by atoms with Crippen LogP contribution in [0.1, 0.15) is 16.7 Å². The van der Waals surface area contributed by atoms with Gasteiger partial charge in [-0.2, -0.15) is 0 Å². The lowest BCUT2D eigenvalue weighted by Gasteiger charge is -2.28. The van der Waals surface area contributed by atoms with Crippen molar-refractivity contribution < 1.29 is 9.63 Å². The largest absolute Gasteiger partial charge is 0.386 e. The Balaban J connectivity index is 1.50. The second-order valence-corrected chi connectivity index (χ2v) is 5.25. The van der Waals surface area contributed by atoms with Crippen LogP contribution in [-0.4, -0.2) is 30.2 Å². The van der Waals surface area contributed by atoms with Crippen LogP contribution in [0, 0.1) is 0 Å². The fourth-order valence-electron chi connectivity index (χ4n) is 2.53. The van der Waals surface area contributed by atoms with E-state index in [0.29, 0.717) is 6.54 Å². The summed E-state index contributed by atoms with van der Waals surface area (Å²) in [4.78, 5) is 19.1. The van der Waals surface area contributed by atoms with Crippen LogP contribution in [0.3, 0.4) is 0 Å². The summed E-state index contributed by atoms with van der Waals surface area (Å²) in [5.41, 5.74) is 3.49. The van der Waals surface area contributed by atoms with E-state index in [2.05, 4.69) is 17.3 Å². The Labute approximate surface area is 130 Å². The summed E-state index contributed by atoms with van der Waals surface area (Å²) in [5, 5.41) is 3.85. The topological polar surface area (TPSA) is 41.9 Å². The average molecular weight is 294 g/mol. The molecule has 3 rings (SSSR count). The highest BCUT2D eigenvalue weighted by atomic mass is 16.6. The van der Waals surface area contributed by atoms with Crippen molar-refractivity contribution in [2.75, 3.05) is 13.2 Å². The predicted molar refractivity (Wildman–Crippen MR) is 85.6 cm³/mol. The second-order valence-electron chi connectivity index (χ2n) is 5.25. The number of hydrogen-bond donors (Lipinski definition) is 0. The molecule has 4 nitrogen and oxygen atoms in total. The van der Waals surface area contributed by atoms with Crippen LogP contribution in [0.15, 0.2) is 59.8 Å². The zero-order valence-corrected chi connectivity index (χ0v) is 12.3. The fourth-order valence-corrected chi connectivity index (χ4v) is 2.53. The quantitative estimate of drug-likeness (QED) is 0.642. The standard InChI is InChI=1S/C18H18N2O2/c21-18(14-22-19-12-15-6-2-1-3-7-15)20-11-10-16-8-4-5-9-17(16)13-20/h1-9,12H,10-11,13-14H2/b19-12-. The summed E-state index contributed by atoms with van der Waals surface area (Å²) in [5.74, 6) is -0.0280. The van der Waals surface area contributed by atoms with E-state index in [4.69, 9.17) is 4.84 Å². The van der Waals surface area contributed by atoms with Gasteiger partial charge in [-0.3, -0.25) is 4.79 Å². The maximum Gasteiger partial charge on any atom is 0.263 e. The van der Waals surface area contributed by atoms with Crippen molar-refractivity contribution in [1.29, 1.82) is 0 Å². The van der Waals surface area contributed by atoms with Gasteiger partial charge >= 0.3 is 0 Å². The smallest absolute Gasteiger partial charge is 0.263 e. The fraction of sp³-hybridized carbons (Fsp3) is 0.222. The molecule has 0 unspecified atom stereocenters. The van der Waals surface area contributed by atoms with Crippen molar-refractivity contribution in [3.8, 4) is 0 Å². The van der Waals surface area contributed by atoms with Crippen LogP contribution in [0.5, 0.6) is 0 Å². The molecule has 1 aliphatic rings. The van der Waals surface area contributed by atoms with Crippen LogP contribution in [0.25, 0.3) is 0 Å². The van der Waals surface area contributed by atoms with E-state index in [9.17, 15) is 4.79 Å². The Morgan fingerprint density at radius 3 is 2.64 bits per heavy atom. The van der Waals surface area contributed by atoms with E-state index < -0.39 is 0 Å². The molecule has 0 spiro atoms. The first-order valence-corrected chi connectivity index (χ1v) is 7.38. The van der Waals surface area contributed by atoms with Gasteiger partial charge in [0.1, 0.15) is 0 Å². The van der Waals surface area contributed by atoms with E-state index in [0.717, 1.165) is 18.5 Å². The van der Waals surface area contributed by atoms with E-state index in [-0.39, 0.29) is 12.5 Å². The maximum atomic E-state index is 12.1. The van der Waals surface area contributed by atoms with Crippen LogP contribution in [0.2, 0.25) is 0 Å². The number of carbonyl (C=O) groups excluding carboxylic acids is 1. The first kappa shape index (κ1) is 14.3. The molecule has 0 bridgehead atoms. The first-order chi connectivity index (χ1) is 10.8. The molecule has 2 aromatic rings. The van der Waals surface area contributed by atoms with Crippen molar-refractivity contribution in [2.45, 2.75) is 13.0 Å². The van der Waals surface area contributed by atoms with E-state index in [1.807, 2.05) is 47.4 Å². The summed E-state index contributed by atoms with van der Waals surface area (Å²) in [6.45, 7) is 1.37. The molecule has 0 radical (unpaired) electrons. The third-order valence-electron chi connectivity index (χ3n) is 3.75. The van der Waals surface area contributed by atoms with Gasteiger partial charge in [0.25, 0.3) is 5.91 Å². The van der Waals surface area contributed by atoms with Crippen molar-refractivity contribution >= 4 is 12.1 Å². The molecule has 0 saturated heterocycles. The molecule has 4 heteroatoms. The SMILES string of the molecule is O=C(CO/N=C\c1ccccc1)N1CCc2ccccc2C1. The van der Waals surface area contributed by atoms with Crippen LogP contribution in [0.4, 0.5) is 0 Å². The zero-order chi connectivity index (χ0) is 15.2. The van der Waals surface area contributed by atoms with Crippen LogP contribution < -0.4 is 0 Å². The minimum atomic E-state index is -0.0280. The number of oxime groups is 1. The summed E-state index contributed by atoms with van der Waals surface area (Å²) in [6, 6.07) is 17.9. The Hall–Kier alpha value is -2.62. The number of rotatable bonds is 4. The summed E-state index contributed by atoms with van der Waals surface area (Å²) >= 11 is 0. The van der Waals surface area contributed by atoms with Gasteiger partial charge in [0.15, 0.2) is 6.61 Å². The van der Waals surface area contributed by atoms with Gasteiger partial charge in [0.2, 0.25) is 0 Å². The average Bonchev–Trinajstić information content (AvgIpc) is 2.59. The summed E-state index contributed by atoms with van der Waals surface area (Å²) < 4.78 is 0. The monoisotopic (exact) mass is 294 g/mol. The molecule has 22 heavy (non-hydrogen) atoms.